The first-order valence-corrected chi connectivity index (χ1v) is 7.41. The van der Waals surface area contributed by atoms with Crippen LogP contribution in [0.25, 0.3) is 0 Å². The Labute approximate surface area is 125 Å². The molecule has 0 saturated carbocycles. The van der Waals surface area contributed by atoms with E-state index in [-0.39, 0.29) is 17.3 Å². The second-order valence-corrected chi connectivity index (χ2v) is 6.63. The number of ether oxygens (including phenoxy) is 1. The molecule has 1 aliphatic carbocycles. The molecule has 1 aromatic rings. The average Bonchev–Trinajstić information content (AvgIpc) is 2.39. The maximum atomic E-state index is 13.9. The molecule has 0 radical (unpaired) electrons. The molecule has 0 N–H and O–H groups in total. The maximum Gasteiger partial charge on any atom is 0.126 e. The van der Waals surface area contributed by atoms with E-state index in [9.17, 15) is 4.39 Å². The summed E-state index contributed by atoms with van der Waals surface area (Å²) in [5.41, 5.74) is 4.01. The molecule has 1 heterocycles. The zero-order valence-electron chi connectivity index (χ0n) is 13.0. The minimum Gasteiger partial charge on any atom is -0.487 e. The van der Waals surface area contributed by atoms with Crippen molar-refractivity contribution in [3.63, 3.8) is 0 Å². The molecule has 2 heteroatoms. The number of benzene rings is 1. The van der Waals surface area contributed by atoms with E-state index in [1.54, 1.807) is 13.0 Å². The van der Waals surface area contributed by atoms with E-state index in [0.29, 0.717) is 5.56 Å². The van der Waals surface area contributed by atoms with Gasteiger partial charge in [0.25, 0.3) is 0 Å². The number of aryl methyl sites for hydroxylation is 1. The number of hydrogen-bond acceptors (Lipinski definition) is 1. The topological polar surface area (TPSA) is 9.23 Å². The van der Waals surface area contributed by atoms with Crippen LogP contribution in [0.4, 0.5) is 4.39 Å². The standard InChI is InChI=1S/C19H21FO/c1-12-8-9-14(10-16(12)20)15-6-5-7-17-18(15)13(2)11-19(3,4)21-17/h5-10,15H,11H2,1-4H3. The van der Waals surface area contributed by atoms with E-state index >= 15 is 0 Å². The van der Waals surface area contributed by atoms with Gasteiger partial charge >= 0.3 is 0 Å². The van der Waals surface area contributed by atoms with E-state index in [4.69, 9.17) is 4.74 Å². The van der Waals surface area contributed by atoms with E-state index in [2.05, 4.69) is 26.8 Å². The molecule has 3 rings (SSSR count). The van der Waals surface area contributed by atoms with Gasteiger partial charge in [0.2, 0.25) is 0 Å². The summed E-state index contributed by atoms with van der Waals surface area (Å²) < 4.78 is 20.0. The molecule has 1 aliphatic heterocycles. The lowest BCUT2D eigenvalue weighted by Gasteiger charge is -2.38. The lowest BCUT2D eigenvalue weighted by Crippen LogP contribution is -2.31. The minimum absolute atomic E-state index is 0.0798. The van der Waals surface area contributed by atoms with Crippen LogP contribution >= 0.6 is 0 Å². The van der Waals surface area contributed by atoms with Gasteiger partial charge in [-0.05, 0) is 51.0 Å². The molecule has 0 bridgehead atoms. The van der Waals surface area contributed by atoms with E-state index < -0.39 is 0 Å². The van der Waals surface area contributed by atoms with E-state index in [1.807, 2.05) is 24.3 Å². The van der Waals surface area contributed by atoms with E-state index in [0.717, 1.165) is 17.7 Å². The van der Waals surface area contributed by atoms with Gasteiger partial charge in [0.05, 0.1) is 0 Å². The molecular weight excluding hydrogens is 263 g/mol. The van der Waals surface area contributed by atoms with Crippen molar-refractivity contribution in [3.05, 3.63) is 70.3 Å². The van der Waals surface area contributed by atoms with Crippen LogP contribution in [0.3, 0.4) is 0 Å². The van der Waals surface area contributed by atoms with Crippen molar-refractivity contribution in [2.75, 3.05) is 0 Å². The van der Waals surface area contributed by atoms with Crippen molar-refractivity contribution in [1.29, 1.82) is 0 Å². The van der Waals surface area contributed by atoms with Gasteiger partial charge in [-0.3, -0.25) is 0 Å². The van der Waals surface area contributed by atoms with Crippen LogP contribution in [0.2, 0.25) is 0 Å². The fourth-order valence-corrected chi connectivity index (χ4v) is 3.31. The first-order chi connectivity index (χ1) is 9.87. The summed E-state index contributed by atoms with van der Waals surface area (Å²) >= 11 is 0. The highest BCUT2D eigenvalue weighted by Crippen LogP contribution is 2.44. The maximum absolute atomic E-state index is 13.9. The van der Waals surface area contributed by atoms with Crippen molar-refractivity contribution in [1.82, 2.24) is 0 Å². The van der Waals surface area contributed by atoms with Crippen LogP contribution in [0.15, 0.2) is 53.3 Å². The fourth-order valence-electron chi connectivity index (χ4n) is 3.31. The summed E-state index contributed by atoms with van der Waals surface area (Å²) in [4.78, 5) is 0. The fraction of sp³-hybridized carbons (Fsp3) is 0.368. The molecule has 21 heavy (non-hydrogen) atoms. The van der Waals surface area contributed by atoms with Crippen LogP contribution in [-0.2, 0) is 4.74 Å². The minimum atomic E-state index is -0.173. The molecule has 0 amide bonds. The van der Waals surface area contributed by atoms with Gasteiger partial charge in [-0.1, -0.05) is 29.9 Å². The predicted molar refractivity (Wildman–Crippen MR) is 83.6 cm³/mol. The Bertz CT molecular complexity index is 677. The normalized spacial score (nSPS) is 23.5. The number of halogens is 1. The van der Waals surface area contributed by atoms with Gasteiger partial charge in [-0.25, -0.2) is 4.39 Å². The van der Waals surface area contributed by atoms with Crippen LogP contribution in [0, 0.1) is 12.7 Å². The summed E-state index contributed by atoms with van der Waals surface area (Å²) in [7, 11) is 0. The third-order valence-electron chi connectivity index (χ3n) is 4.22. The Morgan fingerprint density at radius 1 is 1.24 bits per heavy atom. The average molecular weight is 284 g/mol. The Morgan fingerprint density at radius 3 is 2.71 bits per heavy atom. The Balaban J connectivity index is 2.07. The first kappa shape index (κ1) is 14.1. The lowest BCUT2D eigenvalue weighted by molar-refractivity contribution is 0.0291. The summed E-state index contributed by atoms with van der Waals surface area (Å²) in [5.74, 6) is 0.862. The molecule has 0 fully saturated rings. The molecule has 0 spiro atoms. The molecular formula is C19H21FO. The molecule has 1 atom stereocenters. The highest BCUT2D eigenvalue weighted by atomic mass is 19.1. The van der Waals surface area contributed by atoms with Gasteiger partial charge in [0, 0.05) is 17.9 Å². The molecule has 2 aliphatic rings. The summed E-state index contributed by atoms with van der Waals surface area (Å²) in [6.45, 7) is 8.15. The highest BCUT2D eigenvalue weighted by Gasteiger charge is 2.34. The van der Waals surface area contributed by atoms with Crippen molar-refractivity contribution >= 4 is 0 Å². The Morgan fingerprint density at radius 2 is 2.00 bits per heavy atom. The van der Waals surface area contributed by atoms with Gasteiger partial charge in [-0.2, -0.15) is 0 Å². The lowest BCUT2D eigenvalue weighted by atomic mass is 9.79. The van der Waals surface area contributed by atoms with Crippen molar-refractivity contribution < 1.29 is 9.13 Å². The zero-order chi connectivity index (χ0) is 15.2. The predicted octanol–water partition coefficient (Wildman–Crippen LogP) is 5.19. The molecule has 1 unspecified atom stereocenters. The van der Waals surface area contributed by atoms with E-state index in [1.165, 1.54) is 11.1 Å². The summed E-state index contributed by atoms with van der Waals surface area (Å²) in [6, 6.07) is 5.50. The number of fused-ring (bicyclic) bond motifs is 1. The first-order valence-electron chi connectivity index (χ1n) is 7.41. The second-order valence-electron chi connectivity index (χ2n) is 6.63. The van der Waals surface area contributed by atoms with Gasteiger partial charge in [-0.15, -0.1) is 0 Å². The number of allylic oxidation sites excluding steroid dienone is 4. The number of rotatable bonds is 1. The summed E-state index contributed by atoms with van der Waals surface area (Å²) in [5, 5.41) is 0. The Hall–Kier alpha value is -1.83. The molecule has 1 aromatic carbocycles. The quantitative estimate of drug-likeness (QED) is 0.690. The third-order valence-corrected chi connectivity index (χ3v) is 4.22. The number of hydrogen-bond donors (Lipinski definition) is 0. The zero-order valence-corrected chi connectivity index (χ0v) is 13.0. The monoisotopic (exact) mass is 284 g/mol. The smallest absolute Gasteiger partial charge is 0.126 e. The second kappa shape index (κ2) is 4.87. The molecule has 1 nitrogen and oxygen atoms in total. The third kappa shape index (κ3) is 2.55. The van der Waals surface area contributed by atoms with Crippen molar-refractivity contribution in [3.8, 4) is 0 Å². The Kier molecular flexibility index (Phi) is 3.27. The molecule has 110 valence electrons. The largest absolute Gasteiger partial charge is 0.487 e. The van der Waals surface area contributed by atoms with Crippen LogP contribution < -0.4 is 0 Å². The molecule has 0 aromatic heterocycles. The van der Waals surface area contributed by atoms with Crippen LogP contribution in [0.5, 0.6) is 0 Å². The highest BCUT2D eigenvalue weighted by molar-refractivity contribution is 5.51. The summed E-state index contributed by atoms with van der Waals surface area (Å²) in [6.07, 6.45) is 7.04. The van der Waals surface area contributed by atoms with Gasteiger partial charge in [0.1, 0.15) is 17.2 Å². The van der Waals surface area contributed by atoms with Crippen LogP contribution in [0.1, 0.15) is 44.2 Å². The van der Waals surface area contributed by atoms with Crippen molar-refractivity contribution in [2.24, 2.45) is 0 Å². The molecule has 0 saturated heterocycles. The van der Waals surface area contributed by atoms with Gasteiger partial charge < -0.3 is 4.74 Å². The SMILES string of the molecule is CC1=C2C(=CC=CC2c2ccc(C)c(F)c2)OC(C)(C)C1. The van der Waals surface area contributed by atoms with Gasteiger partial charge in [0.15, 0.2) is 0 Å². The van der Waals surface area contributed by atoms with Crippen molar-refractivity contribution in [2.45, 2.75) is 45.6 Å². The van der Waals surface area contributed by atoms with Crippen LogP contribution in [-0.4, -0.2) is 5.60 Å².